The summed E-state index contributed by atoms with van der Waals surface area (Å²) < 4.78 is 0. The van der Waals surface area contributed by atoms with Crippen molar-refractivity contribution < 1.29 is 4.79 Å². The number of hydrogen-bond donors (Lipinski definition) is 0. The number of fused-ring (bicyclic) bond motifs is 2. The maximum Gasteiger partial charge on any atom is 0.150 e. The Morgan fingerprint density at radius 1 is 1.40 bits per heavy atom. The Morgan fingerprint density at radius 3 is 2.90 bits per heavy atom. The Labute approximate surface area is 61.2 Å². The third kappa shape index (κ3) is 0.717. The summed E-state index contributed by atoms with van der Waals surface area (Å²) in [4.78, 5) is 13.5. The third-order valence-corrected chi connectivity index (χ3v) is 2.94. The van der Waals surface area contributed by atoms with Gasteiger partial charge in [0, 0.05) is 12.5 Å². The molecule has 56 valence electrons. The first kappa shape index (κ1) is 6.35. The molecule has 0 unspecified atom stereocenters. The molecule has 0 amide bonds. The number of carbonyl (C=O) groups is 1. The van der Waals surface area contributed by atoms with Crippen molar-refractivity contribution in [1.82, 2.24) is 4.90 Å². The summed E-state index contributed by atoms with van der Waals surface area (Å²) >= 11 is 0. The fourth-order valence-electron chi connectivity index (χ4n) is 2.22. The number of rotatable bonds is 0. The summed E-state index contributed by atoms with van der Waals surface area (Å²) in [5.74, 6) is 0.469. The predicted molar refractivity (Wildman–Crippen MR) is 38.8 cm³/mol. The van der Waals surface area contributed by atoms with E-state index < -0.39 is 0 Å². The second-order valence-corrected chi connectivity index (χ2v) is 3.42. The first-order valence-corrected chi connectivity index (χ1v) is 4.03. The van der Waals surface area contributed by atoms with Crippen LogP contribution in [0.5, 0.6) is 0 Å². The van der Waals surface area contributed by atoms with Gasteiger partial charge in [0.25, 0.3) is 0 Å². The van der Waals surface area contributed by atoms with Gasteiger partial charge in [-0.25, -0.2) is 0 Å². The van der Waals surface area contributed by atoms with E-state index in [1.807, 2.05) is 0 Å². The standard InChI is InChI=1S/C8H13NO/c1-9-6-2-4-7(9)8(10)5-3-6/h6-7H,2-5H2,1H3/t6-,7-/m1/s1. The van der Waals surface area contributed by atoms with E-state index in [2.05, 4.69) is 11.9 Å². The molecule has 2 heteroatoms. The highest BCUT2D eigenvalue weighted by Gasteiger charge is 2.38. The fraction of sp³-hybridized carbons (Fsp3) is 0.875. The molecule has 0 aliphatic carbocycles. The van der Waals surface area contributed by atoms with Crippen molar-refractivity contribution in [2.75, 3.05) is 7.05 Å². The van der Waals surface area contributed by atoms with E-state index >= 15 is 0 Å². The quantitative estimate of drug-likeness (QED) is 0.495. The van der Waals surface area contributed by atoms with Gasteiger partial charge in [-0.05, 0) is 26.3 Å². The first-order valence-electron chi connectivity index (χ1n) is 4.03. The van der Waals surface area contributed by atoms with Gasteiger partial charge in [0.1, 0.15) is 5.78 Å². The zero-order chi connectivity index (χ0) is 7.14. The molecule has 0 aromatic heterocycles. The Bertz CT molecular complexity index is 167. The number of carbonyl (C=O) groups excluding carboxylic acids is 1. The number of likely N-dealkylation sites (N-methyl/N-ethyl adjacent to an activating group) is 1. The molecule has 2 atom stereocenters. The molecule has 2 aliphatic heterocycles. The fourth-order valence-corrected chi connectivity index (χ4v) is 2.22. The molecular weight excluding hydrogens is 126 g/mol. The SMILES string of the molecule is CN1[C@H]2CCC(=O)[C@H]1CC2. The molecule has 2 heterocycles. The highest BCUT2D eigenvalue weighted by Crippen LogP contribution is 2.31. The second-order valence-electron chi connectivity index (χ2n) is 3.42. The van der Waals surface area contributed by atoms with Gasteiger partial charge in [-0.15, -0.1) is 0 Å². The Balaban J connectivity index is 2.20. The lowest BCUT2D eigenvalue weighted by Gasteiger charge is -2.29. The number of Topliss-reactive ketones (excluding diaryl/α,β-unsaturated/α-hetero) is 1. The van der Waals surface area contributed by atoms with Gasteiger partial charge >= 0.3 is 0 Å². The van der Waals surface area contributed by atoms with Gasteiger partial charge in [0.15, 0.2) is 0 Å². The van der Waals surface area contributed by atoms with Crippen LogP contribution in [0.15, 0.2) is 0 Å². The van der Waals surface area contributed by atoms with Crippen molar-refractivity contribution >= 4 is 5.78 Å². The minimum atomic E-state index is 0.291. The number of hydrogen-bond acceptors (Lipinski definition) is 2. The van der Waals surface area contributed by atoms with Crippen molar-refractivity contribution in [3.05, 3.63) is 0 Å². The Hall–Kier alpha value is -0.370. The van der Waals surface area contributed by atoms with Crippen LogP contribution in [0.1, 0.15) is 25.7 Å². The molecule has 10 heavy (non-hydrogen) atoms. The van der Waals surface area contributed by atoms with Crippen LogP contribution in [-0.4, -0.2) is 29.8 Å². The largest absolute Gasteiger partial charge is 0.298 e. The van der Waals surface area contributed by atoms with Crippen LogP contribution in [0.25, 0.3) is 0 Å². The molecule has 2 aliphatic rings. The lowest BCUT2D eigenvalue weighted by atomic mass is 10.0. The van der Waals surface area contributed by atoms with E-state index in [1.54, 1.807) is 0 Å². The summed E-state index contributed by atoms with van der Waals surface area (Å²) in [7, 11) is 2.08. The highest BCUT2D eigenvalue weighted by molar-refractivity contribution is 5.85. The molecule has 0 spiro atoms. The van der Waals surface area contributed by atoms with E-state index in [9.17, 15) is 4.79 Å². The van der Waals surface area contributed by atoms with Crippen molar-refractivity contribution in [1.29, 1.82) is 0 Å². The summed E-state index contributed by atoms with van der Waals surface area (Å²) in [6, 6.07) is 1.02. The van der Waals surface area contributed by atoms with Crippen LogP contribution in [-0.2, 0) is 4.79 Å². The Kier molecular flexibility index (Phi) is 1.31. The molecule has 0 aromatic carbocycles. The molecule has 0 radical (unpaired) electrons. The molecular formula is C8H13NO. The minimum Gasteiger partial charge on any atom is -0.298 e. The zero-order valence-electron chi connectivity index (χ0n) is 6.34. The third-order valence-electron chi connectivity index (χ3n) is 2.94. The van der Waals surface area contributed by atoms with E-state index in [1.165, 1.54) is 6.42 Å². The van der Waals surface area contributed by atoms with Crippen LogP contribution in [0, 0.1) is 0 Å². The molecule has 2 nitrogen and oxygen atoms in total. The number of piperidine rings is 1. The van der Waals surface area contributed by atoms with Gasteiger partial charge < -0.3 is 0 Å². The molecule has 0 aromatic rings. The molecule has 2 saturated heterocycles. The maximum atomic E-state index is 11.2. The summed E-state index contributed by atoms with van der Waals surface area (Å²) in [6.45, 7) is 0. The van der Waals surface area contributed by atoms with Crippen molar-refractivity contribution in [3.63, 3.8) is 0 Å². The second kappa shape index (κ2) is 2.06. The van der Waals surface area contributed by atoms with Crippen LogP contribution >= 0.6 is 0 Å². The van der Waals surface area contributed by atoms with Gasteiger partial charge in [-0.2, -0.15) is 0 Å². The average molecular weight is 139 g/mol. The van der Waals surface area contributed by atoms with E-state index in [0.29, 0.717) is 11.8 Å². The molecule has 2 rings (SSSR count). The van der Waals surface area contributed by atoms with Crippen LogP contribution in [0.2, 0.25) is 0 Å². The topological polar surface area (TPSA) is 20.3 Å². The van der Waals surface area contributed by atoms with Crippen molar-refractivity contribution in [2.45, 2.75) is 37.8 Å². The molecule has 0 saturated carbocycles. The van der Waals surface area contributed by atoms with Crippen LogP contribution < -0.4 is 0 Å². The van der Waals surface area contributed by atoms with Crippen molar-refractivity contribution in [2.24, 2.45) is 0 Å². The van der Waals surface area contributed by atoms with Crippen molar-refractivity contribution in [3.8, 4) is 0 Å². The number of ketones is 1. The summed E-state index contributed by atoms with van der Waals surface area (Å²) in [6.07, 6.45) is 4.29. The lowest BCUT2D eigenvalue weighted by molar-refractivity contribution is -0.125. The van der Waals surface area contributed by atoms with Gasteiger partial charge in [-0.1, -0.05) is 0 Å². The van der Waals surface area contributed by atoms with E-state index in [-0.39, 0.29) is 0 Å². The summed E-state index contributed by atoms with van der Waals surface area (Å²) in [5.41, 5.74) is 0. The zero-order valence-corrected chi connectivity index (χ0v) is 6.34. The smallest absolute Gasteiger partial charge is 0.150 e. The predicted octanol–water partition coefficient (Wildman–Crippen LogP) is 0.812. The highest BCUT2D eigenvalue weighted by atomic mass is 16.1. The number of nitrogens with zero attached hydrogens (tertiary/aromatic N) is 1. The molecule has 2 bridgehead atoms. The average Bonchev–Trinajstić information content (AvgIpc) is 2.13. The van der Waals surface area contributed by atoms with Gasteiger partial charge in [0.2, 0.25) is 0 Å². The van der Waals surface area contributed by atoms with E-state index in [0.717, 1.165) is 25.3 Å². The monoisotopic (exact) mass is 139 g/mol. The molecule has 0 N–H and O–H groups in total. The first-order chi connectivity index (χ1) is 4.79. The Morgan fingerprint density at radius 2 is 2.20 bits per heavy atom. The van der Waals surface area contributed by atoms with Crippen LogP contribution in [0.4, 0.5) is 0 Å². The van der Waals surface area contributed by atoms with Gasteiger partial charge in [-0.3, -0.25) is 9.69 Å². The maximum absolute atomic E-state index is 11.2. The van der Waals surface area contributed by atoms with E-state index in [4.69, 9.17) is 0 Å². The minimum absolute atomic E-state index is 0.291. The van der Waals surface area contributed by atoms with Crippen LogP contribution in [0.3, 0.4) is 0 Å². The van der Waals surface area contributed by atoms with Gasteiger partial charge in [0.05, 0.1) is 6.04 Å². The normalized spacial score (nSPS) is 40.7. The lowest BCUT2D eigenvalue weighted by Crippen LogP contribution is -2.42. The molecule has 2 fully saturated rings. The summed E-state index contributed by atoms with van der Waals surface area (Å²) in [5, 5.41) is 0.